The minimum absolute atomic E-state index is 0.145. The number of aliphatic hydroxyl groups is 1. The van der Waals surface area contributed by atoms with Gasteiger partial charge in [0.15, 0.2) is 0 Å². The molecule has 0 radical (unpaired) electrons. The molecular weight excluding hydrogens is 256 g/mol. The van der Waals surface area contributed by atoms with Crippen LogP contribution < -0.4 is 0 Å². The Morgan fingerprint density at radius 2 is 1.85 bits per heavy atom. The first-order valence-corrected chi connectivity index (χ1v) is 7.25. The number of carbonyl (C=O) groups excluding carboxylic acids is 1. The van der Waals surface area contributed by atoms with Crippen molar-refractivity contribution in [2.24, 2.45) is 0 Å². The van der Waals surface area contributed by atoms with Gasteiger partial charge in [-0.15, -0.1) is 0 Å². The molecule has 0 heterocycles. The van der Waals surface area contributed by atoms with E-state index < -0.39 is 11.5 Å². The molecule has 4 nitrogen and oxygen atoms in total. The Kier molecular flexibility index (Phi) is 4.65. The van der Waals surface area contributed by atoms with Gasteiger partial charge < -0.3 is 14.9 Å². The molecule has 2 rings (SSSR count). The van der Waals surface area contributed by atoms with Crippen molar-refractivity contribution < 1.29 is 19.7 Å². The Hall–Kier alpha value is -1.55. The van der Waals surface area contributed by atoms with E-state index in [0.29, 0.717) is 25.0 Å². The first kappa shape index (κ1) is 14.9. The van der Waals surface area contributed by atoms with E-state index in [2.05, 4.69) is 0 Å². The summed E-state index contributed by atoms with van der Waals surface area (Å²) in [6.45, 7) is 2.06. The monoisotopic (exact) mass is 278 g/mol. The van der Waals surface area contributed by atoms with Gasteiger partial charge in [-0.05, 0) is 37.5 Å². The van der Waals surface area contributed by atoms with Crippen LogP contribution in [0.2, 0.25) is 0 Å². The fraction of sp³-hybridized carbons (Fsp3) is 0.562. The molecule has 1 aliphatic carbocycles. The normalized spacial score (nSPS) is 19.3. The molecule has 4 heteroatoms. The van der Waals surface area contributed by atoms with Gasteiger partial charge in [0.25, 0.3) is 0 Å². The van der Waals surface area contributed by atoms with E-state index in [1.54, 1.807) is 19.1 Å². The van der Waals surface area contributed by atoms with Gasteiger partial charge >= 0.3 is 5.97 Å². The largest absolute Gasteiger partial charge is 0.508 e. The molecule has 0 aromatic heterocycles. The van der Waals surface area contributed by atoms with Gasteiger partial charge in [0.1, 0.15) is 11.7 Å². The molecule has 20 heavy (non-hydrogen) atoms. The lowest BCUT2D eigenvalue weighted by atomic mass is 9.73. The topological polar surface area (TPSA) is 66.8 Å². The van der Waals surface area contributed by atoms with Crippen molar-refractivity contribution in [3.63, 3.8) is 0 Å². The molecule has 1 aromatic rings. The number of phenols is 1. The van der Waals surface area contributed by atoms with Gasteiger partial charge in [-0.1, -0.05) is 31.4 Å². The average Bonchev–Trinajstić information content (AvgIpc) is 2.42. The molecule has 0 bridgehead atoms. The van der Waals surface area contributed by atoms with E-state index >= 15 is 0 Å². The van der Waals surface area contributed by atoms with Crippen LogP contribution in [0, 0.1) is 0 Å². The summed E-state index contributed by atoms with van der Waals surface area (Å²) in [7, 11) is 0. The number of ether oxygens (including phenoxy) is 1. The summed E-state index contributed by atoms with van der Waals surface area (Å²) in [6.07, 6.45) is 4.15. The molecule has 0 amide bonds. The highest BCUT2D eigenvalue weighted by Crippen LogP contribution is 2.41. The molecular formula is C16H22O4. The number of hydrogen-bond acceptors (Lipinski definition) is 4. The quantitative estimate of drug-likeness (QED) is 0.831. The van der Waals surface area contributed by atoms with Gasteiger partial charge in [0, 0.05) is 0 Å². The summed E-state index contributed by atoms with van der Waals surface area (Å²) in [4.78, 5) is 12.3. The zero-order valence-corrected chi connectivity index (χ0v) is 11.8. The summed E-state index contributed by atoms with van der Waals surface area (Å²) in [5.74, 6) is -0.919. The summed E-state index contributed by atoms with van der Waals surface area (Å²) in [5.41, 5.74) is -0.341. The number of aromatic hydroxyl groups is 1. The summed E-state index contributed by atoms with van der Waals surface area (Å²) < 4.78 is 5.15. The first-order chi connectivity index (χ1) is 9.57. The van der Waals surface area contributed by atoms with Gasteiger partial charge in [0.05, 0.1) is 12.2 Å². The Balaban J connectivity index is 2.33. The van der Waals surface area contributed by atoms with Crippen molar-refractivity contribution in [2.75, 3.05) is 6.61 Å². The predicted molar refractivity (Wildman–Crippen MR) is 75.5 cm³/mol. The fourth-order valence-corrected chi connectivity index (χ4v) is 3.01. The van der Waals surface area contributed by atoms with Crippen LogP contribution in [-0.2, 0) is 9.53 Å². The molecule has 1 aliphatic rings. The van der Waals surface area contributed by atoms with Crippen LogP contribution in [0.15, 0.2) is 24.3 Å². The van der Waals surface area contributed by atoms with Crippen molar-refractivity contribution in [3.05, 3.63) is 29.8 Å². The van der Waals surface area contributed by atoms with Gasteiger partial charge in [-0.3, -0.25) is 4.79 Å². The molecule has 1 atom stereocenters. The zero-order valence-electron chi connectivity index (χ0n) is 11.8. The van der Waals surface area contributed by atoms with E-state index in [1.165, 1.54) is 12.1 Å². The maximum absolute atomic E-state index is 12.3. The second-order valence-electron chi connectivity index (χ2n) is 5.44. The van der Waals surface area contributed by atoms with E-state index in [4.69, 9.17) is 4.74 Å². The fourth-order valence-electron chi connectivity index (χ4n) is 3.01. The lowest BCUT2D eigenvalue weighted by molar-refractivity contribution is -0.154. The Labute approximate surface area is 119 Å². The average molecular weight is 278 g/mol. The summed E-state index contributed by atoms with van der Waals surface area (Å²) >= 11 is 0. The Morgan fingerprint density at radius 3 is 2.40 bits per heavy atom. The summed E-state index contributed by atoms with van der Waals surface area (Å²) in [6, 6.07) is 6.44. The molecule has 0 spiro atoms. The van der Waals surface area contributed by atoms with Gasteiger partial charge in [0.2, 0.25) is 0 Å². The first-order valence-electron chi connectivity index (χ1n) is 7.25. The van der Waals surface area contributed by atoms with Crippen molar-refractivity contribution in [1.29, 1.82) is 0 Å². The highest BCUT2D eigenvalue weighted by atomic mass is 16.5. The molecule has 0 aliphatic heterocycles. The van der Waals surface area contributed by atoms with Gasteiger partial charge in [-0.25, -0.2) is 0 Å². The zero-order chi connectivity index (χ0) is 14.6. The molecule has 1 saturated carbocycles. The maximum atomic E-state index is 12.3. The van der Waals surface area contributed by atoms with Crippen LogP contribution >= 0.6 is 0 Å². The third kappa shape index (κ3) is 3.12. The lowest BCUT2D eigenvalue weighted by Gasteiger charge is -2.38. The number of rotatable bonds is 4. The van der Waals surface area contributed by atoms with Crippen molar-refractivity contribution >= 4 is 5.97 Å². The van der Waals surface area contributed by atoms with Crippen molar-refractivity contribution in [3.8, 4) is 5.75 Å². The van der Waals surface area contributed by atoms with Crippen LogP contribution in [-0.4, -0.2) is 28.4 Å². The lowest BCUT2D eigenvalue weighted by Crippen LogP contribution is -2.43. The van der Waals surface area contributed by atoms with Crippen LogP contribution in [0.4, 0.5) is 0 Å². The van der Waals surface area contributed by atoms with Crippen molar-refractivity contribution in [2.45, 2.75) is 50.5 Å². The highest BCUT2D eigenvalue weighted by molar-refractivity contribution is 5.80. The maximum Gasteiger partial charge on any atom is 0.316 e. The van der Waals surface area contributed by atoms with Crippen LogP contribution in [0.1, 0.15) is 50.5 Å². The highest BCUT2D eigenvalue weighted by Gasteiger charge is 2.43. The number of hydrogen-bond donors (Lipinski definition) is 2. The molecule has 0 unspecified atom stereocenters. The molecule has 110 valence electrons. The summed E-state index contributed by atoms with van der Waals surface area (Å²) in [5, 5.41) is 20.3. The third-order valence-electron chi connectivity index (χ3n) is 4.01. The SMILES string of the molecule is CCOC(=O)[C@@H](c1ccc(O)cc1)C1(O)CCCCC1. The van der Waals surface area contributed by atoms with Crippen molar-refractivity contribution in [1.82, 2.24) is 0 Å². The Bertz CT molecular complexity index is 446. The Morgan fingerprint density at radius 1 is 1.25 bits per heavy atom. The minimum atomic E-state index is -1.04. The van der Waals surface area contributed by atoms with Crippen LogP contribution in [0.25, 0.3) is 0 Å². The standard InChI is InChI=1S/C16H22O4/c1-2-20-15(18)14(12-6-8-13(17)9-7-12)16(19)10-4-3-5-11-16/h6-9,14,17,19H,2-5,10-11H2,1H3/t14-/m1/s1. The second-order valence-corrected chi connectivity index (χ2v) is 5.44. The van der Waals surface area contributed by atoms with Crippen LogP contribution in [0.3, 0.4) is 0 Å². The number of phenolic OH excluding ortho intramolecular Hbond substituents is 1. The molecule has 1 fully saturated rings. The second kappa shape index (κ2) is 6.27. The predicted octanol–water partition coefficient (Wildman–Crippen LogP) is 2.73. The number of carbonyl (C=O) groups is 1. The molecule has 0 saturated heterocycles. The van der Waals surface area contributed by atoms with E-state index in [0.717, 1.165) is 19.3 Å². The van der Waals surface area contributed by atoms with E-state index in [-0.39, 0.29) is 11.7 Å². The smallest absolute Gasteiger partial charge is 0.316 e. The third-order valence-corrected chi connectivity index (χ3v) is 4.01. The molecule has 2 N–H and O–H groups in total. The van der Waals surface area contributed by atoms with Crippen LogP contribution in [0.5, 0.6) is 5.75 Å². The van der Waals surface area contributed by atoms with E-state index in [1.807, 2.05) is 0 Å². The van der Waals surface area contributed by atoms with E-state index in [9.17, 15) is 15.0 Å². The minimum Gasteiger partial charge on any atom is -0.508 e. The van der Waals surface area contributed by atoms with Gasteiger partial charge in [-0.2, -0.15) is 0 Å². The number of benzene rings is 1. The number of esters is 1. The molecule has 1 aromatic carbocycles.